The topological polar surface area (TPSA) is 77.9 Å². The first-order valence-corrected chi connectivity index (χ1v) is 7.40. The molecule has 0 radical (unpaired) electrons. The molecule has 1 saturated heterocycles. The van der Waals surface area contributed by atoms with Crippen LogP contribution in [0.25, 0.3) is 0 Å². The number of carboxylic acid groups (broad SMARTS) is 1. The maximum atomic E-state index is 12.2. The molecule has 1 unspecified atom stereocenters. The summed E-state index contributed by atoms with van der Waals surface area (Å²) in [6.45, 7) is 5.30. The molecule has 1 aromatic carbocycles. The van der Waals surface area contributed by atoms with E-state index in [-0.39, 0.29) is 24.8 Å². The van der Waals surface area contributed by atoms with Gasteiger partial charge in [-0.3, -0.25) is 14.4 Å². The number of amides is 2. The Morgan fingerprint density at radius 1 is 1.23 bits per heavy atom. The fourth-order valence-corrected chi connectivity index (χ4v) is 2.60. The molecule has 22 heavy (non-hydrogen) atoms. The van der Waals surface area contributed by atoms with Crippen molar-refractivity contribution in [2.45, 2.75) is 20.3 Å². The highest BCUT2D eigenvalue weighted by Gasteiger charge is 2.35. The van der Waals surface area contributed by atoms with Gasteiger partial charge >= 0.3 is 5.97 Å². The standard InChI is InChI=1S/C16H20N2O4/c1-3-17(4-2)15(20)11-5-7-13(8-6-11)18-10-12(16(21)22)9-14(18)19/h5-8,12H,3-4,9-10H2,1-2H3,(H,21,22). The third kappa shape index (κ3) is 3.10. The summed E-state index contributed by atoms with van der Waals surface area (Å²) < 4.78 is 0. The molecule has 1 heterocycles. The first-order valence-electron chi connectivity index (χ1n) is 7.40. The molecule has 1 N–H and O–H groups in total. The van der Waals surface area contributed by atoms with Gasteiger partial charge in [0.1, 0.15) is 0 Å². The Labute approximate surface area is 129 Å². The highest BCUT2D eigenvalue weighted by Crippen LogP contribution is 2.25. The SMILES string of the molecule is CCN(CC)C(=O)c1ccc(N2CC(C(=O)O)CC2=O)cc1. The van der Waals surface area contributed by atoms with E-state index in [1.54, 1.807) is 29.2 Å². The summed E-state index contributed by atoms with van der Waals surface area (Å²) in [6.07, 6.45) is 0.0233. The Morgan fingerprint density at radius 2 is 1.82 bits per heavy atom. The van der Waals surface area contributed by atoms with Crippen molar-refractivity contribution >= 4 is 23.5 Å². The predicted octanol–water partition coefficient (Wildman–Crippen LogP) is 1.61. The van der Waals surface area contributed by atoms with E-state index in [2.05, 4.69) is 0 Å². The third-order valence-electron chi connectivity index (χ3n) is 3.95. The summed E-state index contributed by atoms with van der Waals surface area (Å²) in [6, 6.07) is 6.74. The van der Waals surface area contributed by atoms with E-state index in [0.717, 1.165) is 0 Å². The molecule has 2 amide bonds. The lowest BCUT2D eigenvalue weighted by atomic mass is 10.1. The normalized spacial score (nSPS) is 17.6. The van der Waals surface area contributed by atoms with Gasteiger partial charge < -0.3 is 14.9 Å². The van der Waals surface area contributed by atoms with Gasteiger partial charge in [0.2, 0.25) is 5.91 Å². The summed E-state index contributed by atoms with van der Waals surface area (Å²) in [4.78, 5) is 38.3. The van der Waals surface area contributed by atoms with Crippen LogP contribution in [0, 0.1) is 5.92 Å². The molecule has 1 atom stereocenters. The molecule has 6 nitrogen and oxygen atoms in total. The van der Waals surface area contributed by atoms with Crippen molar-refractivity contribution in [1.82, 2.24) is 4.90 Å². The molecule has 0 bridgehead atoms. The lowest BCUT2D eigenvalue weighted by Gasteiger charge is -2.20. The molecule has 1 aromatic rings. The fraction of sp³-hybridized carbons (Fsp3) is 0.438. The molecule has 6 heteroatoms. The van der Waals surface area contributed by atoms with Crippen LogP contribution in [0.1, 0.15) is 30.6 Å². The van der Waals surface area contributed by atoms with Crippen molar-refractivity contribution in [2.24, 2.45) is 5.92 Å². The molecule has 1 aliphatic heterocycles. The molecule has 1 fully saturated rings. The second-order valence-electron chi connectivity index (χ2n) is 5.27. The Morgan fingerprint density at radius 3 is 2.27 bits per heavy atom. The van der Waals surface area contributed by atoms with E-state index in [0.29, 0.717) is 24.3 Å². The molecule has 1 aliphatic rings. The van der Waals surface area contributed by atoms with Gasteiger partial charge in [-0.25, -0.2) is 0 Å². The lowest BCUT2D eigenvalue weighted by Crippen LogP contribution is -2.30. The van der Waals surface area contributed by atoms with Crippen LogP contribution in [0.3, 0.4) is 0 Å². The van der Waals surface area contributed by atoms with Gasteiger partial charge in [0.25, 0.3) is 5.91 Å². The third-order valence-corrected chi connectivity index (χ3v) is 3.95. The number of rotatable bonds is 5. The highest BCUT2D eigenvalue weighted by atomic mass is 16.4. The number of hydrogen-bond acceptors (Lipinski definition) is 3. The maximum absolute atomic E-state index is 12.2. The second-order valence-corrected chi connectivity index (χ2v) is 5.27. The maximum Gasteiger partial charge on any atom is 0.308 e. The van der Waals surface area contributed by atoms with Crippen molar-refractivity contribution in [3.05, 3.63) is 29.8 Å². The van der Waals surface area contributed by atoms with Crippen LogP contribution < -0.4 is 4.90 Å². The minimum Gasteiger partial charge on any atom is -0.481 e. The van der Waals surface area contributed by atoms with Crippen LogP contribution in [-0.2, 0) is 9.59 Å². The Hall–Kier alpha value is -2.37. The van der Waals surface area contributed by atoms with Crippen LogP contribution >= 0.6 is 0 Å². The van der Waals surface area contributed by atoms with Gasteiger partial charge in [0, 0.05) is 37.3 Å². The Balaban J connectivity index is 2.14. The average Bonchev–Trinajstić information content (AvgIpc) is 2.91. The largest absolute Gasteiger partial charge is 0.481 e. The number of carboxylic acids is 1. The fourth-order valence-electron chi connectivity index (χ4n) is 2.60. The number of nitrogens with zero attached hydrogens (tertiary/aromatic N) is 2. The molecule has 118 valence electrons. The summed E-state index contributed by atoms with van der Waals surface area (Å²) in [5.41, 5.74) is 1.19. The first-order chi connectivity index (χ1) is 10.5. The number of benzene rings is 1. The molecule has 0 spiro atoms. The molecular weight excluding hydrogens is 284 g/mol. The average molecular weight is 304 g/mol. The molecule has 0 saturated carbocycles. The monoisotopic (exact) mass is 304 g/mol. The van der Waals surface area contributed by atoms with Crippen LogP contribution in [0.5, 0.6) is 0 Å². The van der Waals surface area contributed by atoms with Crippen LogP contribution in [0.2, 0.25) is 0 Å². The van der Waals surface area contributed by atoms with Gasteiger partial charge in [-0.05, 0) is 38.1 Å². The molecule has 0 aromatic heterocycles. The Bertz CT molecular complexity index is 578. The van der Waals surface area contributed by atoms with Gasteiger partial charge in [0.15, 0.2) is 0 Å². The van der Waals surface area contributed by atoms with Gasteiger partial charge in [-0.2, -0.15) is 0 Å². The van der Waals surface area contributed by atoms with E-state index in [4.69, 9.17) is 5.11 Å². The summed E-state index contributed by atoms with van der Waals surface area (Å²) >= 11 is 0. The van der Waals surface area contributed by atoms with E-state index < -0.39 is 11.9 Å². The van der Waals surface area contributed by atoms with Gasteiger partial charge in [0.05, 0.1) is 5.92 Å². The van der Waals surface area contributed by atoms with Crippen LogP contribution in [0.15, 0.2) is 24.3 Å². The molecule has 0 aliphatic carbocycles. The minimum absolute atomic E-state index is 0.0233. The van der Waals surface area contributed by atoms with E-state index >= 15 is 0 Å². The first kappa shape index (κ1) is 16.0. The van der Waals surface area contributed by atoms with E-state index in [1.165, 1.54) is 4.90 Å². The number of carbonyl (C=O) groups is 3. The van der Waals surface area contributed by atoms with Gasteiger partial charge in [-0.15, -0.1) is 0 Å². The quantitative estimate of drug-likeness (QED) is 0.896. The van der Waals surface area contributed by atoms with Crippen molar-refractivity contribution in [3.63, 3.8) is 0 Å². The predicted molar refractivity (Wildman–Crippen MR) is 81.8 cm³/mol. The van der Waals surface area contributed by atoms with Crippen molar-refractivity contribution in [1.29, 1.82) is 0 Å². The lowest BCUT2D eigenvalue weighted by molar-refractivity contribution is -0.141. The summed E-state index contributed by atoms with van der Waals surface area (Å²) in [5.74, 6) is -1.86. The number of hydrogen-bond donors (Lipinski definition) is 1. The molecule has 2 rings (SSSR count). The number of anilines is 1. The second kappa shape index (κ2) is 6.60. The summed E-state index contributed by atoms with van der Waals surface area (Å²) in [5, 5.41) is 9.00. The van der Waals surface area contributed by atoms with Crippen molar-refractivity contribution < 1.29 is 19.5 Å². The number of carbonyl (C=O) groups excluding carboxylic acids is 2. The number of aliphatic carboxylic acids is 1. The van der Waals surface area contributed by atoms with Crippen LogP contribution in [-0.4, -0.2) is 47.4 Å². The van der Waals surface area contributed by atoms with E-state index in [9.17, 15) is 14.4 Å². The smallest absolute Gasteiger partial charge is 0.308 e. The summed E-state index contributed by atoms with van der Waals surface area (Å²) in [7, 11) is 0. The van der Waals surface area contributed by atoms with Crippen molar-refractivity contribution in [3.8, 4) is 0 Å². The van der Waals surface area contributed by atoms with Crippen molar-refractivity contribution in [2.75, 3.05) is 24.5 Å². The zero-order valence-electron chi connectivity index (χ0n) is 12.8. The zero-order chi connectivity index (χ0) is 16.3. The minimum atomic E-state index is -0.954. The van der Waals surface area contributed by atoms with Gasteiger partial charge in [-0.1, -0.05) is 0 Å². The zero-order valence-corrected chi connectivity index (χ0v) is 12.8. The van der Waals surface area contributed by atoms with Crippen LogP contribution in [0.4, 0.5) is 5.69 Å². The highest BCUT2D eigenvalue weighted by molar-refractivity contribution is 6.00. The Kier molecular flexibility index (Phi) is 4.80. The molecular formula is C16H20N2O4. The van der Waals surface area contributed by atoms with E-state index in [1.807, 2.05) is 13.8 Å².